The van der Waals surface area contributed by atoms with E-state index in [4.69, 9.17) is 5.11 Å². The lowest BCUT2D eigenvalue weighted by molar-refractivity contribution is 0.0696. The number of phenolic OH excluding ortho intramolecular Hbond substituents is 1. The van der Waals surface area contributed by atoms with E-state index in [1.165, 1.54) is 12.1 Å². The predicted molar refractivity (Wildman–Crippen MR) is 58.3 cm³/mol. The molecule has 2 rings (SSSR count). The molecule has 0 saturated heterocycles. The maximum Gasteiger partial charge on any atom is 0.335 e. The third-order valence-corrected chi connectivity index (χ3v) is 2.22. The maximum atomic E-state index is 10.7. The van der Waals surface area contributed by atoms with Crippen molar-refractivity contribution in [3.8, 4) is 16.9 Å². The maximum absolute atomic E-state index is 10.7. The Bertz CT molecular complexity index is 523. The number of hydrogen-bond acceptors (Lipinski definition) is 3. The number of aromatic nitrogens is 1. The minimum atomic E-state index is -1.06. The second-order valence-electron chi connectivity index (χ2n) is 3.28. The van der Waals surface area contributed by atoms with Crippen molar-refractivity contribution in [1.82, 2.24) is 4.98 Å². The first-order valence-corrected chi connectivity index (χ1v) is 4.65. The molecule has 0 fully saturated rings. The average Bonchev–Trinajstić information content (AvgIpc) is 2.30. The summed E-state index contributed by atoms with van der Waals surface area (Å²) < 4.78 is 0. The van der Waals surface area contributed by atoms with Gasteiger partial charge in [0.15, 0.2) is 0 Å². The fraction of sp³-hybridized carbons (Fsp3) is 0. The van der Waals surface area contributed by atoms with Gasteiger partial charge >= 0.3 is 5.97 Å². The first-order chi connectivity index (χ1) is 7.68. The Balaban J connectivity index is 2.48. The van der Waals surface area contributed by atoms with Gasteiger partial charge in [-0.05, 0) is 24.3 Å². The Hall–Kier alpha value is -2.36. The van der Waals surface area contributed by atoms with Gasteiger partial charge in [0.1, 0.15) is 5.75 Å². The molecule has 0 spiro atoms. The van der Waals surface area contributed by atoms with Crippen molar-refractivity contribution in [1.29, 1.82) is 0 Å². The number of phenols is 1. The van der Waals surface area contributed by atoms with Gasteiger partial charge in [-0.25, -0.2) is 4.79 Å². The third kappa shape index (κ3) is 1.86. The van der Waals surface area contributed by atoms with Crippen molar-refractivity contribution < 1.29 is 15.0 Å². The molecule has 1 aromatic heterocycles. The fourth-order valence-corrected chi connectivity index (χ4v) is 1.43. The van der Waals surface area contributed by atoms with Gasteiger partial charge in [-0.15, -0.1) is 0 Å². The first kappa shape index (κ1) is 10.2. The molecule has 0 saturated carbocycles. The summed E-state index contributed by atoms with van der Waals surface area (Å²) in [6, 6.07) is 7.78. The van der Waals surface area contributed by atoms with Crippen molar-refractivity contribution in [2.45, 2.75) is 0 Å². The number of nitrogens with zero attached hydrogens (tertiary/aromatic N) is 1. The van der Waals surface area contributed by atoms with Crippen molar-refractivity contribution in [2.75, 3.05) is 0 Å². The number of carboxylic acids is 1. The molecule has 16 heavy (non-hydrogen) atoms. The highest BCUT2D eigenvalue weighted by atomic mass is 16.4. The van der Waals surface area contributed by atoms with E-state index in [0.717, 1.165) is 5.56 Å². The zero-order chi connectivity index (χ0) is 11.5. The lowest BCUT2D eigenvalue weighted by Gasteiger charge is -2.04. The van der Waals surface area contributed by atoms with Gasteiger partial charge in [-0.2, -0.15) is 0 Å². The number of hydrogen-bond donors (Lipinski definition) is 2. The number of benzene rings is 1. The van der Waals surface area contributed by atoms with Gasteiger partial charge in [0.05, 0.1) is 5.56 Å². The molecule has 0 aliphatic heterocycles. The molecule has 2 N–H and O–H groups in total. The van der Waals surface area contributed by atoms with Crippen LogP contribution in [0.4, 0.5) is 0 Å². The van der Waals surface area contributed by atoms with Crippen LogP contribution in [0.2, 0.25) is 0 Å². The molecule has 1 aromatic carbocycles. The number of aromatic carboxylic acids is 1. The van der Waals surface area contributed by atoms with Crippen molar-refractivity contribution in [3.05, 3.63) is 48.3 Å². The minimum Gasteiger partial charge on any atom is -0.507 e. The van der Waals surface area contributed by atoms with Crippen LogP contribution in [0.15, 0.2) is 42.7 Å². The Kier molecular flexibility index (Phi) is 2.55. The largest absolute Gasteiger partial charge is 0.507 e. The van der Waals surface area contributed by atoms with Crippen LogP contribution in [0.5, 0.6) is 5.75 Å². The minimum absolute atomic E-state index is 0.0603. The fourth-order valence-electron chi connectivity index (χ4n) is 1.43. The zero-order valence-corrected chi connectivity index (χ0v) is 8.29. The van der Waals surface area contributed by atoms with E-state index in [-0.39, 0.29) is 11.3 Å². The normalized spacial score (nSPS) is 10.0. The summed E-state index contributed by atoms with van der Waals surface area (Å²) in [7, 11) is 0. The monoisotopic (exact) mass is 215 g/mol. The van der Waals surface area contributed by atoms with Crippen LogP contribution in [0.1, 0.15) is 10.4 Å². The van der Waals surface area contributed by atoms with Crippen LogP contribution >= 0.6 is 0 Å². The van der Waals surface area contributed by atoms with Gasteiger partial charge < -0.3 is 10.2 Å². The van der Waals surface area contributed by atoms with E-state index in [1.54, 1.807) is 30.6 Å². The first-order valence-electron chi connectivity index (χ1n) is 4.65. The number of carboxylic acid groups (broad SMARTS) is 1. The van der Waals surface area contributed by atoms with Gasteiger partial charge in [0.25, 0.3) is 0 Å². The quantitative estimate of drug-likeness (QED) is 0.805. The van der Waals surface area contributed by atoms with Gasteiger partial charge in [-0.3, -0.25) is 4.98 Å². The predicted octanol–water partition coefficient (Wildman–Crippen LogP) is 2.15. The van der Waals surface area contributed by atoms with Gasteiger partial charge in [0, 0.05) is 23.5 Å². The van der Waals surface area contributed by atoms with Crippen molar-refractivity contribution in [3.63, 3.8) is 0 Å². The van der Waals surface area contributed by atoms with Crippen molar-refractivity contribution >= 4 is 5.97 Å². The standard InChI is InChI=1S/C12H9NO3/c14-11-6-8(12(15)16)3-4-10(11)9-2-1-5-13-7-9/h1-7,14H,(H,15,16). The second kappa shape index (κ2) is 4.02. The van der Waals surface area contributed by atoms with E-state index < -0.39 is 5.97 Å². The molecule has 1 heterocycles. The molecule has 0 atom stereocenters. The van der Waals surface area contributed by atoms with E-state index >= 15 is 0 Å². The highest BCUT2D eigenvalue weighted by molar-refractivity contribution is 5.89. The Morgan fingerprint density at radius 3 is 2.62 bits per heavy atom. The molecule has 4 heteroatoms. The molecule has 4 nitrogen and oxygen atoms in total. The molecule has 0 unspecified atom stereocenters. The van der Waals surface area contributed by atoms with Crippen LogP contribution in [0, 0.1) is 0 Å². The zero-order valence-electron chi connectivity index (χ0n) is 8.29. The Morgan fingerprint density at radius 2 is 2.06 bits per heavy atom. The molecular weight excluding hydrogens is 206 g/mol. The molecule has 0 amide bonds. The molecule has 0 bridgehead atoms. The van der Waals surface area contributed by atoms with E-state index in [0.29, 0.717) is 5.56 Å². The second-order valence-corrected chi connectivity index (χ2v) is 3.28. The summed E-state index contributed by atoms with van der Waals surface area (Å²) in [5.41, 5.74) is 1.38. The summed E-state index contributed by atoms with van der Waals surface area (Å²) in [6.07, 6.45) is 3.24. The van der Waals surface area contributed by atoms with E-state index in [2.05, 4.69) is 4.98 Å². The SMILES string of the molecule is O=C(O)c1ccc(-c2cccnc2)c(O)c1. The number of aromatic hydroxyl groups is 1. The van der Waals surface area contributed by atoms with Crippen molar-refractivity contribution in [2.24, 2.45) is 0 Å². The molecule has 2 aromatic rings. The average molecular weight is 215 g/mol. The number of carbonyl (C=O) groups is 1. The lowest BCUT2D eigenvalue weighted by atomic mass is 10.0. The molecule has 0 radical (unpaired) electrons. The summed E-state index contributed by atoms with van der Waals surface area (Å²) in [5, 5.41) is 18.4. The highest BCUT2D eigenvalue weighted by Crippen LogP contribution is 2.29. The summed E-state index contributed by atoms with van der Waals surface area (Å²) in [6.45, 7) is 0. The van der Waals surface area contributed by atoms with Gasteiger partial charge in [0.2, 0.25) is 0 Å². The number of pyridine rings is 1. The topological polar surface area (TPSA) is 70.4 Å². The number of rotatable bonds is 2. The molecule has 0 aliphatic carbocycles. The van der Waals surface area contributed by atoms with Crippen LogP contribution in [-0.4, -0.2) is 21.2 Å². The smallest absolute Gasteiger partial charge is 0.335 e. The molecule has 80 valence electrons. The molecule has 0 aliphatic rings. The van der Waals surface area contributed by atoms with E-state index in [1.807, 2.05) is 0 Å². The summed E-state index contributed by atoms with van der Waals surface area (Å²) >= 11 is 0. The van der Waals surface area contributed by atoms with Gasteiger partial charge in [-0.1, -0.05) is 6.07 Å². The van der Waals surface area contributed by atoms with Crippen LogP contribution in [-0.2, 0) is 0 Å². The Morgan fingerprint density at radius 1 is 1.25 bits per heavy atom. The van der Waals surface area contributed by atoms with Crippen LogP contribution < -0.4 is 0 Å². The Labute approximate surface area is 91.8 Å². The van der Waals surface area contributed by atoms with Crippen LogP contribution in [0.25, 0.3) is 11.1 Å². The summed E-state index contributed by atoms with van der Waals surface area (Å²) in [4.78, 5) is 14.6. The van der Waals surface area contributed by atoms with E-state index in [9.17, 15) is 9.90 Å². The third-order valence-electron chi connectivity index (χ3n) is 2.22. The lowest BCUT2D eigenvalue weighted by Crippen LogP contribution is -1.95. The summed E-state index contributed by atoms with van der Waals surface area (Å²) in [5.74, 6) is -1.12. The highest BCUT2D eigenvalue weighted by Gasteiger charge is 2.08. The van der Waals surface area contributed by atoms with Crippen LogP contribution in [0.3, 0.4) is 0 Å². The molecular formula is C12H9NO3.